The molecule has 25 heavy (non-hydrogen) atoms. The number of thiophene rings is 1. The lowest BCUT2D eigenvalue weighted by atomic mass is 10.1. The minimum atomic E-state index is -0.653. The largest absolute Gasteiger partial charge is 0.504 e. The van der Waals surface area contributed by atoms with Crippen molar-refractivity contribution >= 4 is 23.2 Å². The van der Waals surface area contributed by atoms with E-state index in [1.807, 2.05) is 11.4 Å². The second-order valence-corrected chi connectivity index (χ2v) is 6.73. The summed E-state index contributed by atoms with van der Waals surface area (Å²) in [5.74, 6) is -2.15. The Morgan fingerprint density at radius 3 is 2.08 bits per heavy atom. The van der Waals surface area contributed by atoms with Crippen molar-refractivity contribution in [1.29, 1.82) is 0 Å². The maximum atomic E-state index is 12.6. The van der Waals surface area contributed by atoms with Gasteiger partial charge in [0.05, 0.1) is 4.88 Å². The van der Waals surface area contributed by atoms with Crippen LogP contribution in [0.2, 0.25) is 0 Å². The van der Waals surface area contributed by atoms with Crippen LogP contribution in [0.5, 0.6) is 17.2 Å². The van der Waals surface area contributed by atoms with Gasteiger partial charge in [0.1, 0.15) is 0 Å². The molecule has 0 unspecified atom stereocenters. The maximum Gasteiger partial charge on any atom is 0.263 e. The molecule has 7 nitrogen and oxygen atoms in total. The summed E-state index contributed by atoms with van der Waals surface area (Å²) in [7, 11) is 0. The number of aromatic hydroxyl groups is 3. The van der Waals surface area contributed by atoms with Gasteiger partial charge in [-0.1, -0.05) is 6.07 Å². The lowest BCUT2D eigenvalue weighted by molar-refractivity contribution is 0.0720. The second-order valence-electron chi connectivity index (χ2n) is 5.78. The van der Waals surface area contributed by atoms with Crippen molar-refractivity contribution in [2.24, 2.45) is 0 Å². The van der Waals surface area contributed by atoms with Gasteiger partial charge in [-0.15, -0.1) is 11.3 Å². The molecule has 3 rings (SSSR count). The normalized spacial score (nSPS) is 15.0. The molecule has 1 fully saturated rings. The molecule has 1 aromatic carbocycles. The maximum absolute atomic E-state index is 12.6. The highest BCUT2D eigenvalue weighted by Gasteiger charge is 2.25. The van der Waals surface area contributed by atoms with E-state index in [2.05, 4.69) is 0 Å². The standard InChI is InChI=1S/C17H18N2O5S/c20-12-9-11(10-13(21)15(12)22)16(23)18-4-2-5-19(7-6-18)17(24)14-3-1-8-25-14/h1,3,8-10,20-22H,2,4-7H2. The summed E-state index contributed by atoms with van der Waals surface area (Å²) in [6.45, 7) is 1.80. The summed E-state index contributed by atoms with van der Waals surface area (Å²) in [5.41, 5.74) is 0.0887. The molecule has 0 radical (unpaired) electrons. The topological polar surface area (TPSA) is 101 Å². The highest BCUT2D eigenvalue weighted by Crippen LogP contribution is 2.35. The summed E-state index contributed by atoms with van der Waals surface area (Å²) in [4.78, 5) is 29.0. The van der Waals surface area contributed by atoms with Gasteiger partial charge in [-0.05, 0) is 30.0 Å². The highest BCUT2D eigenvalue weighted by molar-refractivity contribution is 7.12. The number of phenolic OH excluding ortho intramolecular Hbond substituents is 3. The SMILES string of the molecule is O=C(c1cc(O)c(O)c(O)c1)N1CCCN(C(=O)c2cccs2)CC1. The average Bonchev–Trinajstić information content (AvgIpc) is 3.02. The number of hydrogen-bond acceptors (Lipinski definition) is 6. The van der Waals surface area contributed by atoms with Crippen LogP contribution in [0.25, 0.3) is 0 Å². The van der Waals surface area contributed by atoms with Crippen molar-refractivity contribution in [3.63, 3.8) is 0 Å². The van der Waals surface area contributed by atoms with Crippen molar-refractivity contribution < 1.29 is 24.9 Å². The van der Waals surface area contributed by atoms with Gasteiger partial charge in [0, 0.05) is 31.7 Å². The van der Waals surface area contributed by atoms with Crippen LogP contribution in [0.4, 0.5) is 0 Å². The first-order valence-electron chi connectivity index (χ1n) is 7.84. The summed E-state index contributed by atoms with van der Waals surface area (Å²) in [5, 5.41) is 30.4. The molecule has 0 saturated carbocycles. The zero-order valence-corrected chi connectivity index (χ0v) is 14.2. The van der Waals surface area contributed by atoms with E-state index >= 15 is 0 Å². The van der Waals surface area contributed by atoms with Gasteiger partial charge >= 0.3 is 0 Å². The fourth-order valence-corrected chi connectivity index (χ4v) is 3.48. The van der Waals surface area contributed by atoms with Gasteiger partial charge in [0.15, 0.2) is 17.2 Å². The van der Waals surface area contributed by atoms with Crippen LogP contribution < -0.4 is 0 Å². The predicted octanol–water partition coefficient (Wildman–Crippen LogP) is 1.85. The van der Waals surface area contributed by atoms with Crippen LogP contribution in [0.3, 0.4) is 0 Å². The molecule has 0 atom stereocenters. The molecule has 0 aliphatic carbocycles. The predicted molar refractivity (Wildman–Crippen MR) is 92.2 cm³/mol. The van der Waals surface area contributed by atoms with Crippen LogP contribution in [-0.2, 0) is 0 Å². The molecule has 132 valence electrons. The Labute approximate surface area is 148 Å². The summed E-state index contributed by atoms with van der Waals surface area (Å²) in [6.07, 6.45) is 0.638. The zero-order valence-electron chi connectivity index (χ0n) is 13.4. The highest BCUT2D eigenvalue weighted by atomic mass is 32.1. The second kappa shape index (κ2) is 7.02. The van der Waals surface area contributed by atoms with E-state index in [0.717, 1.165) is 12.1 Å². The smallest absolute Gasteiger partial charge is 0.263 e. The Hall–Kier alpha value is -2.74. The fraction of sp³-hybridized carbons (Fsp3) is 0.294. The minimum Gasteiger partial charge on any atom is -0.504 e. The number of rotatable bonds is 2. The summed E-state index contributed by atoms with van der Waals surface area (Å²) < 4.78 is 0. The first kappa shape index (κ1) is 17.1. The van der Waals surface area contributed by atoms with Crippen molar-refractivity contribution in [3.05, 3.63) is 40.1 Å². The van der Waals surface area contributed by atoms with E-state index in [0.29, 0.717) is 37.5 Å². The van der Waals surface area contributed by atoms with E-state index < -0.39 is 17.2 Å². The van der Waals surface area contributed by atoms with Gasteiger partial charge in [-0.3, -0.25) is 9.59 Å². The van der Waals surface area contributed by atoms with Gasteiger partial charge in [0.25, 0.3) is 11.8 Å². The van der Waals surface area contributed by atoms with Crippen LogP contribution in [-0.4, -0.2) is 63.1 Å². The number of benzene rings is 1. The van der Waals surface area contributed by atoms with Gasteiger partial charge < -0.3 is 25.1 Å². The minimum absolute atomic E-state index is 0.0378. The molecule has 2 amide bonds. The number of hydrogen-bond donors (Lipinski definition) is 3. The van der Waals surface area contributed by atoms with E-state index in [1.54, 1.807) is 15.9 Å². The molecule has 1 aromatic heterocycles. The molecular formula is C17H18N2O5S. The van der Waals surface area contributed by atoms with Crippen molar-refractivity contribution in [3.8, 4) is 17.2 Å². The van der Waals surface area contributed by atoms with Crippen LogP contribution in [0.1, 0.15) is 26.5 Å². The monoisotopic (exact) mass is 362 g/mol. The van der Waals surface area contributed by atoms with E-state index in [-0.39, 0.29) is 17.4 Å². The Kier molecular flexibility index (Phi) is 4.80. The Balaban J connectivity index is 1.70. The lowest BCUT2D eigenvalue weighted by Gasteiger charge is -2.22. The van der Waals surface area contributed by atoms with Crippen LogP contribution in [0.15, 0.2) is 29.6 Å². The zero-order chi connectivity index (χ0) is 18.0. The molecule has 1 aliphatic rings. The first-order chi connectivity index (χ1) is 12.0. The Bertz CT molecular complexity index is 767. The van der Waals surface area contributed by atoms with Crippen molar-refractivity contribution in [2.45, 2.75) is 6.42 Å². The number of carbonyl (C=O) groups excluding carboxylic acids is 2. The lowest BCUT2D eigenvalue weighted by Crippen LogP contribution is -2.37. The molecule has 1 saturated heterocycles. The Morgan fingerprint density at radius 2 is 1.52 bits per heavy atom. The Morgan fingerprint density at radius 1 is 0.920 bits per heavy atom. The van der Waals surface area contributed by atoms with Crippen LogP contribution >= 0.6 is 11.3 Å². The molecule has 8 heteroatoms. The molecule has 0 bridgehead atoms. The molecular weight excluding hydrogens is 344 g/mol. The molecule has 3 N–H and O–H groups in total. The average molecular weight is 362 g/mol. The number of phenols is 3. The van der Waals surface area contributed by atoms with Gasteiger partial charge in [-0.25, -0.2) is 0 Å². The number of carbonyl (C=O) groups is 2. The van der Waals surface area contributed by atoms with E-state index in [4.69, 9.17) is 0 Å². The summed E-state index contributed by atoms with van der Waals surface area (Å²) in [6, 6.07) is 5.85. The molecule has 2 aromatic rings. The number of nitrogens with zero attached hydrogens (tertiary/aromatic N) is 2. The fourth-order valence-electron chi connectivity index (χ4n) is 2.79. The van der Waals surface area contributed by atoms with E-state index in [9.17, 15) is 24.9 Å². The van der Waals surface area contributed by atoms with Crippen molar-refractivity contribution in [2.75, 3.05) is 26.2 Å². The third-order valence-electron chi connectivity index (χ3n) is 4.12. The third kappa shape index (κ3) is 3.53. The third-order valence-corrected chi connectivity index (χ3v) is 4.98. The quantitative estimate of drug-likeness (QED) is 0.708. The first-order valence-corrected chi connectivity index (χ1v) is 8.72. The van der Waals surface area contributed by atoms with Gasteiger partial charge in [0.2, 0.25) is 0 Å². The number of amides is 2. The summed E-state index contributed by atoms with van der Waals surface area (Å²) >= 11 is 1.39. The molecule has 0 spiro atoms. The van der Waals surface area contributed by atoms with Crippen molar-refractivity contribution in [1.82, 2.24) is 9.80 Å². The van der Waals surface area contributed by atoms with E-state index in [1.165, 1.54) is 11.3 Å². The molecule has 2 heterocycles. The van der Waals surface area contributed by atoms with Crippen LogP contribution in [0, 0.1) is 0 Å². The van der Waals surface area contributed by atoms with Gasteiger partial charge in [-0.2, -0.15) is 0 Å². The molecule has 1 aliphatic heterocycles.